The number of hydrogen-bond donors (Lipinski definition) is 1. The summed E-state index contributed by atoms with van der Waals surface area (Å²) in [7, 11) is 4.73. The molecule has 2 aromatic heterocycles. The number of rotatable bonds is 8. The van der Waals surface area contributed by atoms with Gasteiger partial charge < -0.3 is 14.8 Å². The minimum absolute atomic E-state index is 0.0989. The van der Waals surface area contributed by atoms with E-state index in [0.29, 0.717) is 34.1 Å². The summed E-state index contributed by atoms with van der Waals surface area (Å²) in [6.45, 7) is 0.266. The van der Waals surface area contributed by atoms with E-state index in [1.54, 1.807) is 38.4 Å². The zero-order valence-electron chi connectivity index (χ0n) is 18.4. The molecule has 1 amide bonds. The number of carbonyl (C=O) groups excluding carboxylic acids is 1. The summed E-state index contributed by atoms with van der Waals surface area (Å²) in [5.74, 6) is 0.898. The van der Waals surface area contributed by atoms with Crippen LogP contribution in [-0.4, -0.2) is 46.2 Å². The number of ether oxygens (including phenoxy) is 2. The molecule has 1 N–H and O–H groups in total. The molecule has 1 saturated carbocycles. The Morgan fingerprint density at radius 1 is 1.15 bits per heavy atom. The number of aromatic nitrogens is 4. The molecule has 1 aliphatic carbocycles. The van der Waals surface area contributed by atoms with E-state index in [9.17, 15) is 18.0 Å². The summed E-state index contributed by atoms with van der Waals surface area (Å²) in [6, 6.07) is 8.00. The molecular weight excluding hydrogens is 439 g/mol. The Hall–Kier alpha value is -3.50. The highest BCUT2D eigenvalue weighted by atomic mass is 19.4. The molecule has 0 radical (unpaired) electrons. The standard InChI is InChI=1S/C22H24F3N5O3/c1-29-18(11-16(27-29)15-10-14(32-2)6-7-19(15)33-3)21(31)26-8-9-30-17(13-4-5-13)12-20(28-30)22(23,24)25/h6-7,10-13H,4-5,8-9H2,1-3H3,(H,26,31). The Kier molecular flexibility index (Phi) is 6.05. The van der Waals surface area contributed by atoms with Crippen molar-refractivity contribution in [2.24, 2.45) is 7.05 Å². The Labute approximate surface area is 188 Å². The van der Waals surface area contributed by atoms with Crippen LogP contribution in [0.25, 0.3) is 11.3 Å². The second kappa shape index (κ2) is 8.80. The van der Waals surface area contributed by atoms with E-state index in [0.717, 1.165) is 18.9 Å². The van der Waals surface area contributed by atoms with Gasteiger partial charge in [-0.05, 0) is 43.2 Å². The van der Waals surface area contributed by atoms with Crippen LogP contribution in [0, 0.1) is 0 Å². The molecule has 3 aromatic rings. The van der Waals surface area contributed by atoms with Gasteiger partial charge in [0.15, 0.2) is 5.69 Å². The lowest BCUT2D eigenvalue weighted by atomic mass is 10.1. The predicted octanol–water partition coefficient (Wildman–Crippen LogP) is 3.63. The van der Waals surface area contributed by atoms with Gasteiger partial charge >= 0.3 is 6.18 Å². The fourth-order valence-corrected chi connectivity index (χ4v) is 3.65. The predicted molar refractivity (Wildman–Crippen MR) is 113 cm³/mol. The quantitative estimate of drug-likeness (QED) is 0.552. The minimum Gasteiger partial charge on any atom is -0.497 e. The van der Waals surface area contributed by atoms with E-state index in [4.69, 9.17) is 9.47 Å². The van der Waals surface area contributed by atoms with Crippen LogP contribution < -0.4 is 14.8 Å². The van der Waals surface area contributed by atoms with Gasteiger partial charge in [0, 0.05) is 30.8 Å². The Balaban J connectivity index is 1.47. The first-order valence-corrected chi connectivity index (χ1v) is 10.4. The number of carbonyl (C=O) groups is 1. The van der Waals surface area contributed by atoms with Crippen molar-refractivity contribution in [3.8, 4) is 22.8 Å². The van der Waals surface area contributed by atoms with Crippen LogP contribution in [-0.2, 0) is 19.8 Å². The summed E-state index contributed by atoms with van der Waals surface area (Å²) in [4.78, 5) is 12.7. The Bertz CT molecular complexity index is 1160. The van der Waals surface area contributed by atoms with Gasteiger partial charge in [0.1, 0.15) is 17.2 Å². The molecular formula is C22H24F3N5O3. The number of hydrogen-bond acceptors (Lipinski definition) is 5. The average molecular weight is 463 g/mol. The molecule has 0 bridgehead atoms. The zero-order chi connectivity index (χ0) is 23.8. The number of nitrogens with one attached hydrogen (secondary N) is 1. The molecule has 176 valence electrons. The minimum atomic E-state index is -4.50. The van der Waals surface area contributed by atoms with Gasteiger partial charge in [0.05, 0.1) is 26.5 Å². The lowest BCUT2D eigenvalue weighted by Gasteiger charge is -2.08. The molecule has 33 heavy (non-hydrogen) atoms. The van der Waals surface area contributed by atoms with Gasteiger partial charge in [0.25, 0.3) is 5.91 Å². The molecule has 2 heterocycles. The monoisotopic (exact) mass is 463 g/mol. The molecule has 1 aromatic carbocycles. The van der Waals surface area contributed by atoms with Crippen molar-refractivity contribution in [3.05, 3.63) is 47.4 Å². The Morgan fingerprint density at radius 2 is 1.91 bits per heavy atom. The summed E-state index contributed by atoms with van der Waals surface area (Å²) >= 11 is 0. The fraction of sp³-hybridized carbons (Fsp3) is 0.409. The van der Waals surface area contributed by atoms with Crippen LogP contribution >= 0.6 is 0 Å². The van der Waals surface area contributed by atoms with Crippen LogP contribution in [0.2, 0.25) is 0 Å². The third-order valence-electron chi connectivity index (χ3n) is 5.50. The summed E-state index contributed by atoms with van der Waals surface area (Å²) in [5.41, 5.74) is 1.14. The molecule has 0 aliphatic heterocycles. The third kappa shape index (κ3) is 4.81. The van der Waals surface area contributed by atoms with Crippen LogP contribution in [0.15, 0.2) is 30.3 Å². The lowest BCUT2D eigenvalue weighted by molar-refractivity contribution is -0.141. The average Bonchev–Trinajstić information content (AvgIpc) is 3.41. The first-order valence-electron chi connectivity index (χ1n) is 10.4. The van der Waals surface area contributed by atoms with E-state index in [1.807, 2.05) is 0 Å². The first kappa shape index (κ1) is 22.7. The highest BCUT2D eigenvalue weighted by Crippen LogP contribution is 2.42. The van der Waals surface area contributed by atoms with E-state index in [2.05, 4.69) is 15.5 Å². The van der Waals surface area contributed by atoms with Gasteiger partial charge in [-0.25, -0.2) is 0 Å². The molecule has 11 heteroatoms. The van der Waals surface area contributed by atoms with Gasteiger partial charge in [-0.2, -0.15) is 23.4 Å². The third-order valence-corrected chi connectivity index (χ3v) is 5.50. The number of methoxy groups -OCH3 is 2. The fourth-order valence-electron chi connectivity index (χ4n) is 3.65. The number of aryl methyl sites for hydroxylation is 1. The maximum atomic E-state index is 13.1. The highest BCUT2D eigenvalue weighted by molar-refractivity contribution is 5.93. The largest absolute Gasteiger partial charge is 0.497 e. The summed E-state index contributed by atoms with van der Waals surface area (Å²) in [5, 5.41) is 10.9. The van der Waals surface area contributed by atoms with Crippen molar-refractivity contribution < 1.29 is 27.4 Å². The molecule has 0 unspecified atom stereocenters. The van der Waals surface area contributed by atoms with Crippen molar-refractivity contribution in [1.29, 1.82) is 0 Å². The van der Waals surface area contributed by atoms with Gasteiger partial charge in [-0.3, -0.25) is 14.2 Å². The maximum absolute atomic E-state index is 13.1. The Morgan fingerprint density at radius 3 is 2.55 bits per heavy atom. The number of amides is 1. The number of nitrogens with zero attached hydrogens (tertiary/aromatic N) is 4. The van der Waals surface area contributed by atoms with Crippen molar-refractivity contribution in [2.75, 3.05) is 20.8 Å². The van der Waals surface area contributed by atoms with Crippen molar-refractivity contribution >= 4 is 5.91 Å². The maximum Gasteiger partial charge on any atom is 0.435 e. The lowest BCUT2D eigenvalue weighted by Crippen LogP contribution is -2.29. The molecule has 0 spiro atoms. The molecule has 0 saturated heterocycles. The van der Waals surface area contributed by atoms with E-state index in [1.165, 1.54) is 16.5 Å². The molecule has 0 atom stereocenters. The topological polar surface area (TPSA) is 83.2 Å². The van der Waals surface area contributed by atoms with Gasteiger partial charge in [-0.15, -0.1) is 0 Å². The molecule has 8 nitrogen and oxygen atoms in total. The first-order chi connectivity index (χ1) is 15.7. The smallest absolute Gasteiger partial charge is 0.435 e. The van der Waals surface area contributed by atoms with Crippen LogP contribution in [0.5, 0.6) is 11.5 Å². The van der Waals surface area contributed by atoms with Crippen molar-refractivity contribution in [2.45, 2.75) is 31.5 Å². The van der Waals surface area contributed by atoms with Gasteiger partial charge in [0.2, 0.25) is 0 Å². The number of halogens is 3. The molecule has 1 fully saturated rings. The number of alkyl halides is 3. The van der Waals surface area contributed by atoms with Crippen molar-refractivity contribution in [3.63, 3.8) is 0 Å². The second-order valence-corrected chi connectivity index (χ2v) is 7.81. The van der Waals surface area contributed by atoms with Crippen LogP contribution in [0.4, 0.5) is 13.2 Å². The zero-order valence-corrected chi connectivity index (χ0v) is 18.4. The normalized spacial score (nSPS) is 13.8. The van der Waals surface area contributed by atoms with E-state index in [-0.39, 0.29) is 19.0 Å². The van der Waals surface area contributed by atoms with E-state index < -0.39 is 17.8 Å². The van der Waals surface area contributed by atoms with Crippen LogP contribution in [0.1, 0.15) is 40.6 Å². The van der Waals surface area contributed by atoms with Gasteiger partial charge in [-0.1, -0.05) is 0 Å². The second-order valence-electron chi connectivity index (χ2n) is 7.81. The summed E-state index contributed by atoms with van der Waals surface area (Å²) < 4.78 is 52.6. The van der Waals surface area contributed by atoms with Crippen molar-refractivity contribution in [1.82, 2.24) is 24.9 Å². The highest BCUT2D eigenvalue weighted by Gasteiger charge is 2.37. The van der Waals surface area contributed by atoms with E-state index >= 15 is 0 Å². The molecule has 4 rings (SSSR count). The SMILES string of the molecule is COc1ccc(OC)c(-c2cc(C(=O)NCCn3nc(C(F)(F)F)cc3C3CC3)n(C)n2)c1. The summed E-state index contributed by atoms with van der Waals surface area (Å²) in [6.07, 6.45) is -2.80. The molecule has 1 aliphatic rings. The van der Waals surface area contributed by atoms with Crippen LogP contribution in [0.3, 0.4) is 0 Å². The number of benzene rings is 1.